The minimum Gasteiger partial charge on any atom is -0.462 e. The second-order valence-electron chi connectivity index (χ2n) is 17.6. The number of rotatable bonds is 49. The number of phosphoric ester groups is 1. The first-order valence-corrected chi connectivity index (χ1v) is 28.6. The van der Waals surface area contributed by atoms with Crippen LogP contribution in [0.25, 0.3) is 0 Å². The van der Waals surface area contributed by atoms with E-state index in [2.05, 4.69) is 106 Å². The highest BCUT2D eigenvalue weighted by Gasteiger charge is 2.28. The topological polar surface area (TPSA) is 155 Å². The van der Waals surface area contributed by atoms with Crippen LogP contribution >= 0.6 is 7.82 Å². The number of allylic oxidation sites excluding steroid dienone is 16. The van der Waals surface area contributed by atoms with Gasteiger partial charge in [-0.2, -0.15) is 0 Å². The molecule has 0 saturated carbocycles. The molecule has 0 bridgehead atoms. The summed E-state index contributed by atoms with van der Waals surface area (Å²) in [6.45, 7) is 4.28. The maximum atomic E-state index is 12.9. The van der Waals surface area contributed by atoms with Gasteiger partial charge in [0.1, 0.15) is 12.7 Å². The highest BCUT2D eigenvalue weighted by Crippen LogP contribution is 2.43. The summed E-state index contributed by atoms with van der Waals surface area (Å²) in [7, 11) is -4.77. The minimum atomic E-state index is -4.77. The molecule has 0 aliphatic heterocycles. The third-order valence-electron chi connectivity index (χ3n) is 11.0. The van der Waals surface area contributed by atoms with Gasteiger partial charge in [0.2, 0.25) is 0 Å². The predicted octanol–water partition coefficient (Wildman–Crippen LogP) is 15.7. The first-order chi connectivity index (χ1) is 34.2. The monoisotopic (exact) mass is 1000 g/mol. The lowest BCUT2D eigenvalue weighted by atomic mass is 10.1. The van der Waals surface area contributed by atoms with Crippen LogP contribution in [0, 0.1) is 0 Å². The number of aliphatic hydroxyl groups is 1. The third-order valence-corrected chi connectivity index (χ3v) is 11.9. The van der Waals surface area contributed by atoms with E-state index in [0.29, 0.717) is 19.3 Å². The van der Waals surface area contributed by atoms with Crippen LogP contribution in [0.1, 0.15) is 213 Å². The molecule has 3 unspecified atom stereocenters. The van der Waals surface area contributed by atoms with Gasteiger partial charge in [0, 0.05) is 19.3 Å². The molecule has 0 aliphatic rings. The summed E-state index contributed by atoms with van der Waals surface area (Å²) >= 11 is 0. The van der Waals surface area contributed by atoms with Gasteiger partial charge in [-0.1, -0.05) is 189 Å². The summed E-state index contributed by atoms with van der Waals surface area (Å²) in [5.41, 5.74) is 0. The number of phosphoric acid groups is 1. The molecule has 0 saturated heterocycles. The van der Waals surface area contributed by atoms with Crippen molar-refractivity contribution in [3.63, 3.8) is 0 Å². The highest BCUT2D eigenvalue weighted by molar-refractivity contribution is 7.47. The molecule has 0 aromatic carbocycles. The Bertz CT molecular complexity index is 1540. The van der Waals surface area contributed by atoms with Crippen molar-refractivity contribution >= 4 is 25.7 Å². The zero-order valence-electron chi connectivity index (χ0n) is 43.9. The van der Waals surface area contributed by atoms with Gasteiger partial charge in [-0.05, 0) is 103 Å². The van der Waals surface area contributed by atoms with Gasteiger partial charge >= 0.3 is 25.7 Å². The fourth-order valence-electron chi connectivity index (χ4n) is 6.91. The summed E-state index contributed by atoms with van der Waals surface area (Å²) in [6, 6.07) is 0. The van der Waals surface area contributed by atoms with E-state index < -0.39 is 57.8 Å². The lowest BCUT2D eigenvalue weighted by Crippen LogP contribution is -2.30. The van der Waals surface area contributed by atoms with E-state index in [-0.39, 0.29) is 25.9 Å². The van der Waals surface area contributed by atoms with Gasteiger partial charge < -0.3 is 24.2 Å². The van der Waals surface area contributed by atoms with E-state index in [1.807, 2.05) is 12.2 Å². The fraction of sp³-hybridized carbons (Fsp3) is 0.672. The van der Waals surface area contributed by atoms with Crippen molar-refractivity contribution in [2.75, 3.05) is 26.4 Å². The number of hydrogen-bond donors (Lipinski definition) is 2. The van der Waals surface area contributed by atoms with Crippen LogP contribution in [0.15, 0.2) is 97.2 Å². The van der Waals surface area contributed by atoms with Gasteiger partial charge in [-0.25, -0.2) is 4.57 Å². The number of esters is 3. The molecule has 2 N–H and O–H groups in total. The molecule has 70 heavy (non-hydrogen) atoms. The number of ether oxygens (including phenoxy) is 3. The van der Waals surface area contributed by atoms with E-state index in [4.69, 9.17) is 23.3 Å². The Hall–Kier alpha value is -3.60. The summed E-state index contributed by atoms with van der Waals surface area (Å²) in [5.74, 6) is -1.59. The molecule has 12 heteroatoms. The van der Waals surface area contributed by atoms with E-state index in [9.17, 15) is 28.9 Å². The smallest absolute Gasteiger partial charge is 0.462 e. The van der Waals surface area contributed by atoms with Gasteiger partial charge in [-0.3, -0.25) is 23.4 Å². The quantitative estimate of drug-likeness (QED) is 0.0197. The van der Waals surface area contributed by atoms with Crippen molar-refractivity contribution in [1.29, 1.82) is 0 Å². The fourth-order valence-corrected chi connectivity index (χ4v) is 7.69. The van der Waals surface area contributed by atoms with Gasteiger partial charge in [0.05, 0.1) is 19.8 Å². The molecule has 0 aromatic rings. The number of carbonyl (C=O) groups is 3. The number of unbranched alkanes of at least 4 members (excludes halogenated alkanes) is 16. The maximum absolute atomic E-state index is 12.9. The summed E-state index contributed by atoms with van der Waals surface area (Å²) in [6.07, 6.45) is 59.6. The van der Waals surface area contributed by atoms with E-state index in [0.717, 1.165) is 116 Å². The van der Waals surface area contributed by atoms with Crippen LogP contribution in [-0.2, 0) is 42.2 Å². The van der Waals surface area contributed by atoms with E-state index in [1.54, 1.807) is 0 Å². The van der Waals surface area contributed by atoms with Crippen LogP contribution in [-0.4, -0.2) is 66.5 Å². The molecular weight excluding hydrogens is 904 g/mol. The molecule has 11 nitrogen and oxygen atoms in total. The number of hydrogen-bond acceptors (Lipinski definition) is 10. The third kappa shape index (κ3) is 49.4. The normalized spacial score (nSPS) is 14.2. The lowest BCUT2D eigenvalue weighted by Gasteiger charge is -2.21. The largest absolute Gasteiger partial charge is 0.472 e. The lowest BCUT2D eigenvalue weighted by molar-refractivity contribution is -0.161. The molecule has 0 spiro atoms. The Morgan fingerprint density at radius 3 is 1.24 bits per heavy atom. The van der Waals surface area contributed by atoms with Crippen molar-refractivity contribution in [1.82, 2.24) is 0 Å². The van der Waals surface area contributed by atoms with Gasteiger partial charge in [-0.15, -0.1) is 0 Å². The van der Waals surface area contributed by atoms with Crippen LogP contribution in [0.3, 0.4) is 0 Å². The Kier molecular flexibility index (Phi) is 49.1. The molecule has 0 aliphatic carbocycles. The molecule has 0 amide bonds. The second-order valence-corrected chi connectivity index (χ2v) is 19.1. The SMILES string of the molecule is CC/C=C\C/C=C\C/C=C\C/C=C\CCC(=O)OC(COC(=O)CCCCCCCCC/C=C\C/C=C\C/C=C\CC)COP(=O)(O)OCC(CO)OC(=O)CCCCCCC/C=C\CCCCCC. The first kappa shape index (κ1) is 66.4. The van der Waals surface area contributed by atoms with E-state index >= 15 is 0 Å². The standard InChI is InChI=1S/C58H97O11P/c1-4-7-10-13-16-19-22-25-26-27-28-31-32-35-38-41-44-47-56(60)65-51-55(69-58(62)49-46-43-40-37-34-30-24-21-18-15-12-9-6-3)53-67-70(63,64)66-52-54(50-59)68-57(61)48-45-42-39-36-33-29-23-20-17-14-11-8-5-2/h7,9-10,12,16,18-21,23,25-26,30,34,40,43,54-55,59H,4-6,8,11,13-15,17,22,24,27-29,31-33,35-39,41-42,44-53H2,1-3H3,(H,63,64)/b10-7-,12-9-,19-16-,21-18-,23-20-,26-25-,34-30-,43-40-. The molecule has 3 atom stereocenters. The molecule has 0 aromatic heterocycles. The summed E-state index contributed by atoms with van der Waals surface area (Å²) in [4.78, 5) is 48.4. The van der Waals surface area contributed by atoms with Crippen LogP contribution in [0.4, 0.5) is 0 Å². The molecule has 0 heterocycles. The highest BCUT2D eigenvalue weighted by atomic mass is 31.2. The molecular formula is C58H97O11P. The van der Waals surface area contributed by atoms with Gasteiger partial charge in [0.15, 0.2) is 6.10 Å². The van der Waals surface area contributed by atoms with Crippen LogP contribution < -0.4 is 0 Å². The van der Waals surface area contributed by atoms with Crippen LogP contribution in [0.5, 0.6) is 0 Å². The predicted molar refractivity (Wildman–Crippen MR) is 288 cm³/mol. The van der Waals surface area contributed by atoms with Crippen molar-refractivity contribution in [3.8, 4) is 0 Å². The average molecular weight is 1000 g/mol. The van der Waals surface area contributed by atoms with Crippen molar-refractivity contribution in [3.05, 3.63) is 97.2 Å². The maximum Gasteiger partial charge on any atom is 0.472 e. The molecule has 400 valence electrons. The molecule has 0 radical (unpaired) electrons. The van der Waals surface area contributed by atoms with E-state index in [1.165, 1.54) is 38.5 Å². The minimum absolute atomic E-state index is 0.0398. The Morgan fingerprint density at radius 2 is 0.771 bits per heavy atom. The van der Waals surface area contributed by atoms with Crippen molar-refractivity contribution in [2.45, 2.75) is 226 Å². The van der Waals surface area contributed by atoms with Gasteiger partial charge in [0.25, 0.3) is 0 Å². The number of carbonyl (C=O) groups excluding carboxylic acids is 3. The summed E-state index contributed by atoms with van der Waals surface area (Å²) < 4.78 is 39.3. The first-order valence-electron chi connectivity index (χ1n) is 27.1. The second kappa shape index (κ2) is 51.7. The summed E-state index contributed by atoms with van der Waals surface area (Å²) in [5, 5.41) is 9.78. The Labute approximate surface area is 425 Å². The molecule has 0 rings (SSSR count). The Morgan fingerprint density at radius 1 is 0.414 bits per heavy atom. The zero-order valence-corrected chi connectivity index (χ0v) is 44.8. The Balaban J connectivity index is 4.82. The zero-order chi connectivity index (χ0) is 51.3. The van der Waals surface area contributed by atoms with Crippen LogP contribution in [0.2, 0.25) is 0 Å². The molecule has 0 fully saturated rings. The average Bonchev–Trinajstić information content (AvgIpc) is 3.35. The van der Waals surface area contributed by atoms with Crippen molar-refractivity contribution in [2.24, 2.45) is 0 Å². The number of aliphatic hydroxyl groups excluding tert-OH is 1. The van der Waals surface area contributed by atoms with Crippen molar-refractivity contribution < 1.29 is 52.2 Å².